The summed E-state index contributed by atoms with van der Waals surface area (Å²) in [7, 11) is 0. The van der Waals surface area contributed by atoms with Crippen LogP contribution in [0.15, 0.2) is 36.5 Å². The average molecular weight is 418 g/mol. The first kappa shape index (κ1) is 20.5. The normalized spacial score (nSPS) is 15.6. The van der Waals surface area contributed by atoms with E-state index in [1.54, 1.807) is 16.0 Å². The van der Waals surface area contributed by atoms with Gasteiger partial charge in [0.05, 0.1) is 22.5 Å². The number of hydrogen-bond donors (Lipinski definition) is 2. The molecule has 0 fully saturated rings. The van der Waals surface area contributed by atoms with Gasteiger partial charge in [-0.15, -0.1) is 28.8 Å². The number of hydrogen-bond acceptors (Lipinski definition) is 5. The zero-order valence-corrected chi connectivity index (χ0v) is 17.4. The molecule has 0 radical (unpaired) electrons. The maximum Gasteiger partial charge on any atom is 0.261 e. The number of fused-ring (bicyclic) bond motifs is 1. The van der Waals surface area contributed by atoms with E-state index in [1.807, 2.05) is 30.5 Å². The molecule has 6 nitrogen and oxygen atoms in total. The third-order valence-corrected chi connectivity index (χ3v) is 6.17. The number of aryl methyl sites for hydroxylation is 1. The van der Waals surface area contributed by atoms with E-state index in [9.17, 15) is 4.79 Å². The van der Waals surface area contributed by atoms with E-state index in [2.05, 4.69) is 28.6 Å². The molecule has 0 unspecified atom stereocenters. The molecule has 0 saturated carbocycles. The van der Waals surface area contributed by atoms with Crippen molar-refractivity contribution < 1.29 is 4.79 Å². The molecule has 1 aromatic carbocycles. The van der Waals surface area contributed by atoms with Crippen LogP contribution in [-0.2, 0) is 25.9 Å². The number of amides is 1. The molecule has 3 aromatic rings. The zero-order valence-electron chi connectivity index (χ0n) is 15.7. The maximum atomic E-state index is 12.6. The van der Waals surface area contributed by atoms with Crippen molar-refractivity contribution in [3.05, 3.63) is 63.1 Å². The van der Waals surface area contributed by atoms with Crippen molar-refractivity contribution in [1.29, 1.82) is 0 Å². The van der Waals surface area contributed by atoms with Gasteiger partial charge < -0.3 is 11.1 Å². The predicted molar refractivity (Wildman–Crippen MR) is 113 cm³/mol. The highest BCUT2D eigenvalue weighted by atomic mass is 35.5. The van der Waals surface area contributed by atoms with E-state index >= 15 is 0 Å². The fraction of sp³-hybridized carbons (Fsp3) is 0.350. The lowest BCUT2D eigenvalue weighted by Gasteiger charge is -2.16. The number of rotatable bonds is 5. The quantitative estimate of drug-likeness (QED) is 0.667. The first-order valence-corrected chi connectivity index (χ1v) is 10.0. The van der Waals surface area contributed by atoms with Gasteiger partial charge in [0.1, 0.15) is 0 Å². The molecule has 28 heavy (non-hydrogen) atoms. The Labute approximate surface area is 174 Å². The Kier molecular flexibility index (Phi) is 6.49. The smallest absolute Gasteiger partial charge is 0.261 e. The summed E-state index contributed by atoms with van der Waals surface area (Å²) in [6, 6.07) is 9.97. The van der Waals surface area contributed by atoms with Crippen LogP contribution >= 0.6 is 23.7 Å². The van der Waals surface area contributed by atoms with Crippen LogP contribution in [-0.4, -0.2) is 20.9 Å². The zero-order chi connectivity index (χ0) is 18.8. The number of nitrogens with one attached hydrogen (secondary N) is 1. The number of carbonyl (C=O) groups is 1. The maximum absolute atomic E-state index is 12.6. The Morgan fingerprint density at radius 1 is 1.39 bits per heavy atom. The minimum Gasteiger partial charge on any atom is -0.347 e. The summed E-state index contributed by atoms with van der Waals surface area (Å²) in [5.74, 6) is 0.709. The molecule has 2 aromatic heterocycles. The van der Waals surface area contributed by atoms with Crippen molar-refractivity contribution >= 4 is 29.7 Å². The number of nitrogens with two attached hydrogens (primary N) is 1. The van der Waals surface area contributed by atoms with E-state index in [1.165, 1.54) is 16.9 Å². The Morgan fingerprint density at radius 2 is 2.25 bits per heavy atom. The number of carbonyl (C=O) groups excluding carboxylic acids is 1. The highest BCUT2D eigenvalue weighted by Gasteiger charge is 2.20. The SMILES string of the molecule is C[C@H]1CCc2sc(C(=O)NCc3cccc(-n4cc(CN)nn4)c3)cc2C1.Cl. The van der Waals surface area contributed by atoms with Crippen LogP contribution in [0.2, 0.25) is 0 Å². The van der Waals surface area contributed by atoms with E-state index in [4.69, 9.17) is 5.73 Å². The molecule has 2 heterocycles. The van der Waals surface area contributed by atoms with Gasteiger partial charge in [-0.3, -0.25) is 4.79 Å². The summed E-state index contributed by atoms with van der Waals surface area (Å²) in [5, 5.41) is 11.1. The summed E-state index contributed by atoms with van der Waals surface area (Å²) in [5.41, 5.74) is 9.60. The number of nitrogens with zero attached hydrogens (tertiary/aromatic N) is 3. The number of thiophene rings is 1. The molecule has 148 valence electrons. The minimum atomic E-state index is -0.00127. The number of benzene rings is 1. The molecule has 1 aliphatic carbocycles. The Balaban J connectivity index is 0.00000225. The molecule has 8 heteroatoms. The molecule has 1 amide bonds. The van der Waals surface area contributed by atoms with Gasteiger partial charge in [-0.05, 0) is 54.5 Å². The number of halogens is 1. The Bertz CT molecular complexity index is 967. The van der Waals surface area contributed by atoms with Crippen molar-refractivity contribution in [2.24, 2.45) is 11.7 Å². The van der Waals surface area contributed by atoms with Crippen molar-refractivity contribution in [2.45, 2.75) is 39.3 Å². The van der Waals surface area contributed by atoms with E-state index in [0.717, 1.165) is 34.7 Å². The van der Waals surface area contributed by atoms with Crippen LogP contribution < -0.4 is 11.1 Å². The fourth-order valence-corrected chi connectivity index (χ4v) is 4.54. The van der Waals surface area contributed by atoms with E-state index in [-0.39, 0.29) is 18.3 Å². The molecule has 1 atom stereocenters. The first-order valence-electron chi connectivity index (χ1n) is 9.23. The van der Waals surface area contributed by atoms with Crippen LogP contribution in [0.3, 0.4) is 0 Å². The molecule has 3 N–H and O–H groups in total. The summed E-state index contributed by atoms with van der Waals surface area (Å²) < 4.78 is 1.70. The highest BCUT2D eigenvalue weighted by Crippen LogP contribution is 2.32. The summed E-state index contributed by atoms with van der Waals surface area (Å²) >= 11 is 1.64. The monoisotopic (exact) mass is 417 g/mol. The van der Waals surface area contributed by atoms with Crippen LogP contribution in [0, 0.1) is 5.92 Å². The minimum absolute atomic E-state index is 0. The number of aromatic nitrogens is 3. The lowest BCUT2D eigenvalue weighted by Crippen LogP contribution is -2.21. The van der Waals surface area contributed by atoms with Gasteiger partial charge >= 0.3 is 0 Å². The second kappa shape index (κ2) is 8.86. The molecular weight excluding hydrogens is 394 g/mol. The lowest BCUT2D eigenvalue weighted by molar-refractivity contribution is 0.0955. The van der Waals surface area contributed by atoms with Crippen molar-refractivity contribution in [2.75, 3.05) is 0 Å². The van der Waals surface area contributed by atoms with Crippen molar-refractivity contribution in [1.82, 2.24) is 20.3 Å². The van der Waals surface area contributed by atoms with Gasteiger partial charge in [-0.25, -0.2) is 4.68 Å². The van der Waals surface area contributed by atoms with Crippen LogP contribution in [0.4, 0.5) is 0 Å². The van der Waals surface area contributed by atoms with Crippen LogP contribution in [0.1, 0.15) is 44.7 Å². The second-order valence-electron chi connectivity index (χ2n) is 7.12. The largest absolute Gasteiger partial charge is 0.347 e. The third kappa shape index (κ3) is 4.43. The van der Waals surface area contributed by atoms with Gasteiger partial charge in [0.2, 0.25) is 0 Å². The predicted octanol–water partition coefficient (Wildman–Crippen LogP) is 3.26. The summed E-state index contributed by atoms with van der Waals surface area (Å²) in [6.45, 7) is 3.11. The summed E-state index contributed by atoms with van der Waals surface area (Å²) in [6.07, 6.45) is 5.22. The van der Waals surface area contributed by atoms with Crippen molar-refractivity contribution in [3.8, 4) is 5.69 Å². The van der Waals surface area contributed by atoms with Gasteiger partial charge in [-0.2, -0.15) is 0 Å². The highest BCUT2D eigenvalue weighted by molar-refractivity contribution is 7.14. The Morgan fingerprint density at radius 3 is 3.04 bits per heavy atom. The molecule has 0 bridgehead atoms. The molecule has 0 saturated heterocycles. The molecular formula is C20H24ClN5OS. The molecule has 1 aliphatic rings. The van der Waals surface area contributed by atoms with Crippen LogP contribution in [0.5, 0.6) is 0 Å². The molecule has 4 rings (SSSR count). The van der Waals surface area contributed by atoms with Gasteiger partial charge in [0.15, 0.2) is 0 Å². The molecule has 0 aliphatic heterocycles. The van der Waals surface area contributed by atoms with Gasteiger partial charge in [0.25, 0.3) is 5.91 Å². The fourth-order valence-electron chi connectivity index (χ4n) is 3.41. The van der Waals surface area contributed by atoms with Gasteiger partial charge in [-0.1, -0.05) is 24.3 Å². The lowest BCUT2D eigenvalue weighted by atomic mass is 9.90. The third-order valence-electron chi connectivity index (χ3n) is 4.93. The van der Waals surface area contributed by atoms with E-state index < -0.39 is 0 Å². The Hall–Kier alpha value is -2.22. The second-order valence-corrected chi connectivity index (χ2v) is 8.25. The van der Waals surface area contributed by atoms with Crippen LogP contribution in [0.25, 0.3) is 5.69 Å². The summed E-state index contributed by atoms with van der Waals surface area (Å²) in [4.78, 5) is 14.8. The van der Waals surface area contributed by atoms with E-state index in [0.29, 0.717) is 19.0 Å². The molecule has 0 spiro atoms. The topological polar surface area (TPSA) is 85.8 Å². The first-order chi connectivity index (χ1) is 13.1. The standard InChI is InChI=1S/C20H23N5OS.ClH/c1-13-5-6-18-15(7-13)9-19(27-18)20(26)22-11-14-3-2-4-17(8-14)25-12-16(10-21)23-24-25;/h2-4,8-9,12-13H,5-7,10-11,21H2,1H3,(H,22,26);1H/t13-;/m0./s1. The van der Waals surface area contributed by atoms with Crippen molar-refractivity contribution in [3.63, 3.8) is 0 Å². The average Bonchev–Trinajstić information content (AvgIpc) is 3.33. The van der Waals surface area contributed by atoms with Gasteiger partial charge in [0, 0.05) is 18.0 Å².